The van der Waals surface area contributed by atoms with Crippen molar-refractivity contribution in [3.8, 4) is 0 Å². The molecule has 0 aliphatic carbocycles. The molecular weight excluding hydrogens is 480 g/mol. The Morgan fingerprint density at radius 3 is 0.517 bits per heavy atom. The first-order chi connectivity index (χ1) is 11.8. The van der Waals surface area contributed by atoms with E-state index in [2.05, 4.69) is 83.1 Å². The van der Waals surface area contributed by atoms with Crippen molar-refractivity contribution in [2.45, 2.75) is 83.1 Å². The van der Waals surface area contributed by atoms with Crippen LogP contribution >= 0.6 is 15.8 Å². The Hall–Kier alpha value is 1.93. The van der Waals surface area contributed by atoms with Gasteiger partial charge in [0.2, 0.25) is 0 Å². The minimum atomic E-state index is 0. The number of hydrogen-bond donors (Lipinski definition) is 0. The van der Waals surface area contributed by atoms with Gasteiger partial charge in [-0.15, -0.1) is 15.8 Å². The second kappa shape index (κ2) is 24.6. The van der Waals surface area contributed by atoms with Crippen molar-refractivity contribution < 1.29 is 41.3 Å². The Kier molecular flexibility index (Phi) is 34.9. The van der Waals surface area contributed by atoms with Gasteiger partial charge in [-0.2, -0.15) is 0 Å². The van der Waals surface area contributed by atoms with Gasteiger partial charge in [-0.3, -0.25) is 0 Å². The first kappa shape index (κ1) is 41.2. The van der Waals surface area contributed by atoms with Gasteiger partial charge in [0.25, 0.3) is 0 Å². The Bertz CT molecular complexity index is 232. The molecule has 0 aromatic rings. The second-order valence-electron chi connectivity index (χ2n) is 10.8. The summed E-state index contributed by atoms with van der Waals surface area (Å²) >= 11 is 0. The van der Waals surface area contributed by atoms with Gasteiger partial charge >= 0.3 is 16.5 Å². The van der Waals surface area contributed by atoms with E-state index >= 15 is 0 Å². The molecule has 184 valence electrons. The van der Waals surface area contributed by atoms with Crippen LogP contribution in [0.4, 0.5) is 0 Å². The van der Waals surface area contributed by atoms with E-state index in [-0.39, 0.29) is 41.3 Å². The molecule has 0 saturated carbocycles. The number of halogens is 2. The summed E-state index contributed by atoms with van der Waals surface area (Å²) in [5, 5.41) is 0. The molecule has 5 heteroatoms. The van der Waals surface area contributed by atoms with Crippen molar-refractivity contribution in [3.63, 3.8) is 0 Å². The predicted octanol–water partition coefficient (Wildman–Crippen LogP) is 2.88. The van der Waals surface area contributed by atoms with Crippen molar-refractivity contribution >= 4 is 15.8 Å². The molecule has 0 heterocycles. The quantitative estimate of drug-likeness (QED) is 0.267. The summed E-state index contributed by atoms with van der Waals surface area (Å²) in [6.07, 6.45) is 8.87. The smallest absolute Gasteiger partial charge is 1.00 e. The van der Waals surface area contributed by atoms with Crippen molar-refractivity contribution in [1.82, 2.24) is 0 Å². The monoisotopic (exact) mass is 532 g/mol. The van der Waals surface area contributed by atoms with Crippen LogP contribution < -0.4 is 24.8 Å². The zero-order valence-corrected chi connectivity index (χ0v) is 26.0. The Morgan fingerprint density at radius 1 is 0.345 bits per heavy atom. The predicted molar refractivity (Wildman–Crippen MR) is 132 cm³/mol. The summed E-state index contributed by atoms with van der Waals surface area (Å²) < 4.78 is 0. The largest absolute Gasteiger partial charge is 2.00 e. The molecule has 0 unspecified atom stereocenters. The molecule has 0 saturated heterocycles. The molecule has 0 aliphatic heterocycles. The average Bonchev–Trinajstić information content (AvgIpc) is 2.33. The molecule has 0 aliphatic rings. The zero-order chi connectivity index (χ0) is 20.9. The molecule has 0 N–H and O–H groups in total. The number of hydrogen-bond acceptors (Lipinski definition) is 0. The summed E-state index contributed by atoms with van der Waals surface area (Å²) in [5.74, 6) is 5.35. The normalized spacial score (nSPS) is 11.2. The Balaban J connectivity index is -0.000000120. The SMILES string of the molecule is CC(C)CP(CC(C)C)CC(C)C.CC(C)CP(CC(C)C)CC(C)C.[Cl-].[Cl-].[Ni+2]. The molecule has 0 spiro atoms. The third-order valence-electron chi connectivity index (χ3n) is 3.74. The van der Waals surface area contributed by atoms with E-state index in [1.807, 2.05) is 0 Å². The van der Waals surface area contributed by atoms with Crippen molar-refractivity contribution in [1.29, 1.82) is 0 Å². The van der Waals surface area contributed by atoms with E-state index in [0.29, 0.717) is 15.8 Å². The van der Waals surface area contributed by atoms with Crippen molar-refractivity contribution in [3.05, 3.63) is 0 Å². The van der Waals surface area contributed by atoms with Crippen LogP contribution in [0.3, 0.4) is 0 Å². The fourth-order valence-electron chi connectivity index (χ4n) is 3.55. The molecule has 0 amide bonds. The Labute approximate surface area is 211 Å². The molecule has 0 aromatic carbocycles. The first-order valence-corrected chi connectivity index (χ1v) is 15.1. The van der Waals surface area contributed by atoms with Gasteiger partial charge in [-0.1, -0.05) is 83.1 Å². The van der Waals surface area contributed by atoms with Crippen LogP contribution in [0.25, 0.3) is 0 Å². The molecule has 0 aromatic heterocycles. The molecule has 0 radical (unpaired) electrons. The third kappa shape index (κ3) is 34.7. The maximum absolute atomic E-state index is 2.36. The maximum Gasteiger partial charge on any atom is 2.00 e. The molecule has 0 fully saturated rings. The molecule has 0 rings (SSSR count). The van der Waals surface area contributed by atoms with E-state index in [1.54, 1.807) is 0 Å². The summed E-state index contributed by atoms with van der Waals surface area (Å²) in [4.78, 5) is 0. The van der Waals surface area contributed by atoms with Crippen LogP contribution in [0.5, 0.6) is 0 Å². The van der Waals surface area contributed by atoms with Crippen LogP contribution in [-0.4, -0.2) is 37.0 Å². The van der Waals surface area contributed by atoms with Crippen molar-refractivity contribution in [2.24, 2.45) is 35.5 Å². The van der Waals surface area contributed by atoms with Crippen LogP contribution in [0.2, 0.25) is 0 Å². The van der Waals surface area contributed by atoms with Gasteiger partial charge in [0.15, 0.2) is 0 Å². The summed E-state index contributed by atoms with van der Waals surface area (Å²) in [7, 11) is 0.642. The Morgan fingerprint density at radius 2 is 0.448 bits per heavy atom. The van der Waals surface area contributed by atoms with Crippen LogP contribution in [0.1, 0.15) is 83.1 Å². The number of rotatable bonds is 12. The molecule has 0 nitrogen and oxygen atoms in total. The van der Waals surface area contributed by atoms with Crippen LogP contribution in [-0.2, 0) is 16.5 Å². The molecule has 0 atom stereocenters. The summed E-state index contributed by atoms with van der Waals surface area (Å²) in [6, 6.07) is 0. The van der Waals surface area contributed by atoms with Crippen LogP contribution in [0.15, 0.2) is 0 Å². The maximum atomic E-state index is 2.36. The third-order valence-corrected chi connectivity index (χ3v) is 11.2. The van der Waals surface area contributed by atoms with Gasteiger partial charge in [-0.05, 0) is 72.5 Å². The molecule has 0 bridgehead atoms. The van der Waals surface area contributed by atoms with E-state index in [9.17, 15) is 0 Å². The minimum absolute atomic E-state index is 0. The van der Waals surface area contributed by atoms with Gasteiger partial charge in [0, 0.05) is 0 Å². The molecular formula is C24H54Cl2NiP2. The van der Waals surface area contributed by atoms with Gasteiger partial charge in [-0.25, -0.2) is 0 Å². The zero-order valence-electron chi connectivity index (χ0n) is 21.7. The van der Waals surface area contributed by atoms with Crippen molar-refractivity contribution in [2.75, 3.05) is 37.0 Å². The molecule has 29 heavy (non-hydrogen) atoms. The van der Waals surface area contributed by atoms with E-state index in [0.717, 1.165) is 35.5 Å². The average molecular weight is 534 g/mol. The van der Waals surface area contributed by atoms with Gasteiger partial charge in [0.05, 0.1) is 0 Å². The fourth-order valence-corrected chi connectivity index (χ4v) is 10.6. The first-order valence-electron chi connectivity index (χ1n) is 11.3. The van der Waals surface area contributed by atoms with Gasteiger partial charge < -0.3 is 24.8 Å². The van der Waals surface area contributed by atoms with E-state index in [1.165, 1.54) is 37.0 Å². The fraction of sp³-hybridized carbons (Fsp3) is 1.00. The van der Waals surface area contributed by atoms with Crippen LogP contribution in [0, 0.1) is 35.5 Å². The topological polar surface area (TPSA) is 0 Å². The van der Waals surface area contributed by atoms with Gasteiger partial charge in [0.1, 0.15) is 0 Å². The summed E-state index contributed by atoms with van der Waals surface area (Å²) in [5.41, 5.74) is 0. The van der Waals surface area contributed by atoms with E-state index < -0.39 is 0 Å². The minimum Gasteiger partial charge on any atom is -1.00 e. The second-order valence-corrected chi connectivity index (χ2v) is 15.7. The summed E-state index contributed by atoms with van der Waals surface area (Å²) in [6.45, 7) is 28.3. The standard InChI is InChI=1S/2C12H27P.2ClH.Ni/c2*1-10(2)7-13(8-11(3)4)9-12(5)6;;;/h2*10-12H,7-9H2,1-6H3;2*1H;/q;;;;+2/p-2. The van der Waals surface area contributed by atoms with E-state index in [4.69, 9.17) is 0 Å².